The van der Waals surface area contributed by atoms with Gasteiger partial charge < -0.3 is 0 Å². The Morgan fingerprint density at radius 3 is 1.10 bits per heavy atom. The van der Waals surface area contributed by atoms with E-state index in [1.165, 1.54) is 10.8 Å². The first-order valence-corrected chi connectivity index (χ1v) is 3.40. The molecule has 0 aliphatic carbocycles. The summed E-state index contributed by atoms with van der Waals surface area (Å²) in [4.78, 5) is 0. The van der Waals surface area contributed by atoms with Crippen LogP contribution in [0.25, 0.3) is 10.8 Å². The number of hydrogen-bond donors (Lipinski definition) is 0. The van der Waals surface area contributed by atoms with E-state index in [9.17, 15) is 0 Å². The van der Waals surface area contributed by atoms with Gasteiger partial charge in [0.25, 0.3) is 0 Å². The Hall–Kier alpha value is -1.30. The third kappa shape index (κ3) is 0.781. The second-order valence-corrected chi connectivity index (χ2v) is 2.35. The van der Waals surface area contributed by atoms with Gasteiger partial charge in [-0.3, -0.25) is 0 Å². The van der Waals surface area contributed by atoms with Crippen LogP contribution in [0.4, 0.5) is 0 Å². The van der Waals surface area contributed by atoms with Crippen LogP contribution < -0.4 is 0 Å². The molecule has 0 saturated heterocycles. The smallest absolute Gasteiger partial charge is 0.0184 e. The molecule has 0 fully saturated rings. The average Bonchev–Trinajstić information content (AvgIpc) is 2.05. The molecule has 0 N–H and O–H groups in total. The topological polar surface area (TPSA) is 0 Å². The minimum absolute atomic E-state index is 1.31. The average molecular weight is 148 g/mol. The molecule has 0 atom stereocenters. The Kier molecular flexibility index (Phi) is 1.17. The lowest BCUT2D eigenvalue weighted by Crippen LogP contribution is -1.67. The maximum absolute atomic E-state index is 2.12. The molecule has 0 heteroatoms. The Labute approximate surface area is 60.1 Å². The van der Waals surface area contributed by atoms with Gasteiger partial charge in [0.05, 0.1) is 0 Å². The zero-order valence-electron chi connectivity index (χ0n) is 5.62. The second kappa shape index (κ2) is 2.14. The van der Waals surface area contributed by atoms with Crippen molar-refractivity contribution < 1.29 is 0 Å². The molecular weight excluding hydrogens is 140 g/mol. The summed E-state index contributed by atoms with van der Waals surface area (Å²) >= 11 is 0. The minimum atomic E-state index is 1.31. The fourth-order valence-electron chi connectivity index (χ4n) is 1.13. The molecule has 0 saturated carbocycles. The molecule has 2 aromatic rings. The summed E-state index contributed by atoms with van der Waals surface area (Å²) in [5.74, 6) is 0. The van der Waals surface area contributed by atoms with Gasteiger partial charge in [0, 0.05) is 0 Å². The van der Waals surface area contributed by atoms with Crippen LogP contribution in [0.15, 0.2) is 48.5 Å². The molecule has 2 rings (SSSR count). The van der Waals surface area contributed by atoms with Crippen LogP contribution in [0.3, 0.4) is 0 Å². The van der Waals surface area contributed by atoms with E-state index in [4.69, 9.17) is 0 Å². The first-order chi connectivity index (χ1) is 4.97. The molecule has 0 aliphatic rings. The van der Waals surface area contributed by atoms with Crippen molar-refractivity contribution in [2.24, 2.45) is 0 Å². The van der Waals surface area contributed by atoms with Gasteiger partial charge in [0.2, 0.25) is 0 Å². The molecule has 0 heterocycles. The van der Waals surface area contributed by atoms with E-state index in [0.29, 0.717) is 0 Å². The largest absolute Gasteiger partial charge is 0.0616 e. The predicted octanol–water partition coefficient (Wildman–Crippen LogP) is 2.84. The third-order valence-corrected chi connectivity index (χ3v) is 1.66. The summed E-state index contributed by atoms with van der Waals surface area (Å²) in [6.07, 6.45) is 0. The van der Waals surface area contributed by atoms with Crippen LogP contribution in [0, 0.1) is 0 Å². The van der Waals surface area contributed by atoms with E-state index < -0.39 is 0 Å². The van der Waals surface area contributed by atoms with Crippen molar-refractivity contribution in [1.82, 2.24) is 0 Å². The van der Waals surface area contributed by atoms with Crippen LogP contribution in [-0.2, 0) is 0 Å². The van der Waals surface area contributed by atoms with Crippen molar-refractivity contribution in [3.8, 4) is 0 Å². The fourth-order valence-corrected chi connectivity index (χ4v) is 1.13. The van der Waals surface area contributed by atoms with E-state index in [1.807, 2.05) is 0 Å². The molecule has 0 nitrogen and oxygen atoms in total. The number of hydrogen-bond acceptors (Lipinski definition) is 0. The predicted molar refractivity (Wildman–Crippen MR) is 43.9 cm³/mol. The van der Waals surface area contributed by atoms with Crippen LogP contribution in [-0.4, -0.2) is 0 Å². The van der Waals surface area contributed by atoms with Crippen molar-refractivity contribution >= 4 is 10.8 Å². The molecule has 0 spiro atoms. The first kappa shape index (κ1) is 5.48. The van der Waals surface area contributed by atoms with E-state index in [1.54, 1.807) is 0 Å². The summed E-state index contributed by atoms with van der Waals surface area (Å²) in [7, 11) is 0. The summed E-state index contributed by atoms with van der Waals surface area (Å²) in [5, 5.41) is 2.62. The number of fused-ring (bicyclic) bond motifs is 1. The Morgan fingerprint density at radius 1 is 0.500 bits per heavy atom. The lowest BCUT2D eigenvalue weighted by atomic mass is 12.1. The standard InChI is InChI=1S/C10H8/c1-2-6-10-8-4-3-7-9(10)5-1/h1-8H/i1+2,2+2,3+2,4+2,5+2,6+2,7+2,8+2,9+2,10+2. The Morgan fingerprint density at radius 2 is 0.800 bits per heavy atom. The van der Waals surface area contributed by atoms with Gasteiger partial charge in [-0.2, -0.15) is 0 Å². The van der Waals surface area contributed by atoms with E-state index in [2.05, 4.69) is 48.5 Å². The molecule has 0 aromatic heterocycles. The Balaban J connectivity index is 2.89. The molecule has 10 heavy (non-hydrogen) atoms. The highest BCUT2D eigenvalue weighted by Gasteiger charge is 1.85. The lowest BCUT2D eigenvalue weighted by Gasteiger charge is -1.92. The number of rotatable bonds is 0. The SMILES string of the molecule is [14cH]1[14cH][14cH][14c]2[14cH][14cH][14cH][14cH][14c]2[14cH]1. The fraction of sp³-hybridized carbons (Fsp3) is 0. The van der Waals surface area contributed by atoms with Crippen LogP contribution in [0.2, 0.25) is 0 Å². The zero-order chi connectivity index (χ0) is 6.81. The van der Waals surface area contributed by atoms with Crippen molar-refractivity contribution in [3.05, 3.63) is 48.5 Å². The first-order valence-electron chi connectivity index (χ1n) is 3.40. The van der Waals surface area contributed by atoms with Crippen LogP contribution >= 0.6 is 0 Å². The molecular formula is C10H8. The van der Waals surface area contributed by atoms with Gasteiger partial charge in [-0.15, -0.1) is 0 Å². The minimum Gasteiger partial charge on any atom is -0.0616 e. The van der Waals surface area contributed by atoms with Crippen molar-refractivity contribution in [2.45, 2.75) is 0 Å². The van der Waals surface area contributed by atoms with Gasteiger partial charge >= 0.3 is 0 Å². The Bertz CT molecular complexity index is 271. The van der Waals surface area contributed by atoms with Gasteiger partial charge in [-0.1, -0.05) is 48.5 Å². The van der Waals surface area contributed by atoms with Gasteiger partial charge in [0.1, 0.15) is 0 Å². The summed E-state index contributed by atoms with van der Waals surface area (Å²) in [5.41, 5.74) is 0. The highest BCUT2D eigenvalue weighted by molar-refractivity contribution is 5.81. The lowest BCUT2D eigenvalue weighted by molar-refractivity contribution is 1.75. The van der Waals surface area contributed by atoms with Gasteiger partial charge in [0.15, 0.2) is 0 Å². The van der Waals surface area contributed by atoms with Crippen molar-refractivity contribution in [1.29, 1.82) is 0 Å². The molecule has 2 aromatic carbocycles. The highest BCUT2D eigenvalue weighted by atomic mass is 15.9. The van der Waals surface area contributed by atoms with Crippen LogP contribution in [0.5, 0.6) is 0 Å². The van der Waals surface area contributed by atoms with Crippen LogP contribution in [0.1, 0.15) is 0 Å². The van der Waals surface area contributed by atoms with Gasteiger partial charge in [-0.25, -0.2) is 0 Å². The maximum Gasteiger partial charge on any atom is -0.0184 e. The number of benzene rings is 2. The molecule has 0 unspecified atom stereocenters. The third-order valence-electron chi connectivity index (χ3n) is 1.66. The normalized spacial score (nSPS) is 10.0. The molecule has 0 bridgehead atoms. The summed E-state index contributed by atoms with van der Waals surface area (Å²) in [6.45, 7) is 0. The van der Waals surface area contributed by atoms with Gasteiger partial charge in [-0.05, 0) is 10.8 Å². The highest BCUT2D eigenvalue weighted by Crippen LogP contribution is 2.11. The van der Waals surface area contributed by atoms with E-state index in [0.717, 1.165) is 0 Å². The van der Waals surface area contributed by atoms with Crippen molar-refractivity contribution in [3.63, 3.8) is 0 Å². The maximum atomic E-state index is 2.12. The second-order valence-electron chi connectivity index (χ2n) is 2.35. The monoisotopic (exact) mass is 148 g/mol. The van der Waals surface area contributed by atoms with E-state index in [-0.39, 0.29) is 0 Å². The molecule has 0 amide bonds. The summed E-state index contributed by atoms with van der Waals surface area (Å²) in [6, 6.07) is 16.7. The van der Waals surface area contributed by atoms with E-state index >= 15 is 0 Å². The quantitative estimate of drug-likeness (QED) is 0.538. The zero-order valence-corrected chi connectivity index (χ0v) is 5.62. The molecule has 0 aliphatic heterocycles. The molecule has 48 valence electrons. The van der Waals surface area contributed by atoms with Crippen molar-refractivity contribution in [2.75, 3.05) is 0 Å². The molecule has 0 radical (unpaired) electrons. The summed E-state index contributed by atoms with van der Waals surface area (Å²) < 4.78 is 0.